The van der Waals surface area contributed by atoms with Crippen molar-refractivity contribution in [3.8, 4) is 0 Å². The first-order valence-corrected chi connectivity index (χ1v) is 10.1. The van der Waals surface area contributed by atoms with Gasteiger partial charge in [0.1, 0.15) is 11.6 Å². The minimum atomic E-state index is -0.484. The number of hydrogen-bond acceptors (Lipinski definition) is 4. The smallest absolute Gasteiger partial charge is 0.133 e. The van der Waals surface area contributed by atoms with Crippen LogP contribution in [-0.2, 0) is 9.59 Å². The molecule has 0 aromatic rings. The maximum Gasteiger partial charge on any atom is 0.133 e. The Bertz CT molecular complexity index is 601. The van der Waals surface area contributed by atoms with Crippen molar-refractivity contribution in [3.63, 3.8) is 0 Å². The summed E-state index contributed by atoms with van der Waals surface area (Å²) in [7, 11) is 0. The zero-order chi connectivity index (χ0) is 18.1. The van der Waals surface area contributed by atoms with Crippen LogP contribution in [0.1, 0.15) is 65.7 Å². The fourth-order valence-electron chi connectivity index (χ4n) is 7.79. The summed E-state index contributed by atoms with van der Waals surface area (Å²) in [6.45, 7) is 6.09. The Kier molecular flexibility index (Phi) is 3.98. The molecule has 4 nitrogen and oxygen atoms in total. The van der Waals surface area contributed by atoms with Crippen molar-refractivity contribution in [1.29, 1.82) is 0 Å². The number of fused-ring (bicyclic) bond motifs is 5. The van der Waals surface area contributed by atoms with Crippen LogP contribution in [0, 0.1) is 40.4 Å². The molecule has 4 heteroatoms. The van der Waals surface area contributed by atoms with Crippen molar-refractivity contribution in [2.24, 2.45) is 40.4 Å². The first-order valence-electron chi connectivity index (χ1n) is 10.1. The SMILES string of the molecule is CC(=O)[C@H]1CC[C@H]2[C@@H]3C(O)CC4CC(=O)CC[C@]4(C)[C@H]3C(O)C[C@]12C. The minimum Gasteiger partial charge on any atom is -0.393 e. The lowest BCUT2D eigenvalue weighted by Crippen LogP contribution is -2.63. The maximum atomic E-state index is 12.2. The van der Waals surface area contributed by atoms with E-state index in [1.54, 1.807) is 6.92 Å². The molecule has 0 radical (unpaired) electrons. The first kappa shape index (κ1) is 17.7. The highest BCUT2D eigenvalue weighted by molar-refractivity contribution is 5.80. The van der Waals surface area contributed by atoms with Gasteiger partial charge in [0.2, 0.25) is 0 Å². The number of rotatable bonds is 1. The van der Waals surface area contributed by atoms with E-state index in [1.807, 2.05) is 0 Å². The lowest BCUT2D eigenvalue weighted by Gasteiger charge is -2.62. The Hall–Kier alpha value is -0.740. The third-order valence-electron chi connectivity index (χ3n) is 8.92. The van der Waals surface area contributed by atoms with Gasteiger partial charge in [-0.1, -0.05) is 13.8 Å². The molecule has 0 amide bonds. The molecule has 0 aromatic carbocycles. The van der Waals surface area contributed by atoms with Crippen LogP contribution in [0.15, 0.2) is 0 Å². The average Bonchev–Trinajstić information content (AvgIpc) is 2.85. The van der Waals surface area contributed by atoms with E-state index in [2.05, 4.69) is 13.8 Å². The molecule has 0 aliphatic heterocycles. The van der Waals surface area contributed by atoms with E-state index < -0.39 is 12.2 Å². The van der Waals surface area contributed by atoms with Crippen LogP contribution in [0.3, 0.4) is 0 Å². The normalized spacial score (nSPS) is 55.2. The number of Topliss-reactive ketones (excluding diaryl/α,β-unsaturated/α-hetero) is 2. The average molecular weight is 348 g/mol. The van der Waals surface area contributed by atoms with Gasteiger partial charge in [0.15, 0.2) is 0 Å². The maximum absolute atomic E-state index is 12.2. The fourth-order valence-corrected chi connectivity index (χ4v) is 7.79. The molecule has 3 unspecified atom stereocenters. The highest BCUT2D eigenvalue weighted by atomic mass is 16.3. The quantitative estimate of drug-likeness (QED) is 0.764. The number of aliphatic hydroxyl groups is 2. The zero-order valence-electron chi connectivity index (χ0n) is 15.7. The third kappa shape index (κ3) is 2.32. The van der Waals surface area contributed by atoms with Gasteiger partial charge in [-0.25, -0.2) is 0 Å². The monoisotopic (exact) mass is 348 g/mol. The van der Waals surface area contributed by atoms with Crippen molar-refractivity contribution < 1.29 is 19.8 Å². The van der Waals surface area contributed by atoms with Gasteiger partial charge in [-0.05, 0) is 73.5 Å². The molecule has 0 aromatic heterocycles. The second-order valence-corrected chi connectivity index (χ2v) is 9.98. The Morgan fingerprint density at radius 1 is 1.12 bits per heavy atom. The van der Waals surface area contributed by atoms with Crippen LogP contribution < -0.4 is 0 Å². The zero-order valence-corrected chi connectivity index (χ0v) is 15.7. The molecule has 4 aliphatic carbocycles. The Morgan fingerprint density at radius 3 is 2.52 bits per heavy atom. The van der Waals surface area contributed by atoms with E-state index in [9.17, 15) is 19.8 Å². The number of carbonyl (C=O) groups excluding carboxylic acids is 2. The van der Waals surface area contributed by atoms with E-state index in [4.69, 9.17) is 0 Å². The van der Waals surface area contributed by atoms with E-state index >= 15 is 0 Å². The summed E-state index contributed by atoms with van der Waals surface area (Å²) < 4.78 is 0. The van der Waals surface area contributed by atoms with Gasteiger partial charge in [-0.2, -0.15) is 0 Å². The molecule has 25 heavy (non-hydrogen) atoms. The minimum absolute atomic E-state index is 0.0127. The van der Waals surface area contributed by atoms with Gasteiger partial charge in [0, 0.05) is 18.8 Å². The van der Waals surface area contributed by atoms with Crippen molar-refractivity contribution in [2.75, 3.05) is 0 Å². The number of ketones is 2. The predicted octanol–water partition coefficient (Wildman–Crippen LogP) is 2.75. The molecular weight excluding hydrogens is 316 g/mol. The van der Waals surface area contributed by atoms with E-state index in [0.717, 1.165) is 19.3 Å². The predicted molar refractivity (Wildman–Crippen MR) is 93.7 cm³/mol. The lowest BCUT2D eigenvalue weighted by molar-refractivity contribution is -0.204. The van der Waals surface area contributed by atoms with Crippen LogP contribution in [-0.4, -0.2) is 34.0 Å². The number of hydrogen-bond donors (Lipinski definition) is 2. The summed E-state index contributed by atoms with van der Waals surface area (Å²) in [6.07, 6.45) is 4.25. The van der Waals surface area contributed by atoms with Crippen LogP contribution in [0.5, 0.6) is 0 Å². The second kappa shape index (κ2) is 5.63. The molecule has 9 atom stereocenters. The van der Waals surface area contributed by atoms with Gasteiger partial charge < -0.3 is 10.2 Å². The molecule has 2 N–H and O–H groups in total. The van der Waals surface area contributed by atoms with E-state index in [1.165, 1.54) is 0 Å². The molecule has 0 saturated heterocycles. The Balaban J connectivity index is 1.73. The van der Waals surface area contributed by atoms with Gasteiger partial charge in [0.25, 0.3) is 0 Å². The van der Waals surface area contributed by atoms with Crippen LogP contribution in [0.25, 0.3) is 0 Å². The molecular formula is C21H32O4. The van der Waals surface area contributed by atoms with Crippen LogP contribution in [0.4, 0.5) is 0 Å². The van der Waals surface area contributed by atoms with Gasteiger partial charge in [0.05, 0.1) is 12.2 Å². The van der Waals surface area contributed by atoms with Gasteiger partial charge >= 0.3 is 0 Å². The third-order valence-corrected chi connectivity index (χ3v) is 8.92. The second-order valence-electron chi connectivity index (χ2n) is 9.98. The molecule has 4 aliphatic rings. The standard InChI is InChI=1S/C21H32O4/c1-11(22)14-4-5-15-18-16(24)9-12-8-13(23)6-7-20(12,2)19(18)17(25)10-21(14,15)3/h12,14-19,24-25H,4-10H2,1-3H3/t12?,14-,15+,16?,17?,18-,19+,20+,21-/m1/s1. The highest BCUT2D eigenvalue weighted by Crippen LogP contribution is 2.67. The van der Waals surface area contributed by atoms with Crippen molar-refractivity contribution in [2.45, 2.75) is 77.9 Å². The number of aliphatic hydroxyl groups excluding tert-OH is 2. The summed E-state index contributed by atoms with van der Waals surface area (Å²) in [5.74, 6) is 1.16. The summed E-state index contributed by atoms with van der Waals surface area (Å²) in [5, 5.41) is 22.2. The summed E-state index contributed by atoms with van der Waals surface area (Å²) in [6, 6.07) is 0. The molecule has 4 fully saturated rings. The van der Waals surface area contributed by atoms with Crippen molar-refractivity contribution >= 4 is 11.6 Å². The molecule has 4 rings (SSSR count). The summed E-state index contributed by atoms with van der Waals surface area (Å²) in [5.41, 5.74) is -0.256. The van der Waals surface area contributed by atoms with E-state index in [-0.39, 0.29) is 40.3 Å². The van der Waals surface area contributed by atoms with Crippen molar-refractivity contribution in [3.05, 3.63) is 0 Å². The molecule has 140 valence electrons. The van der Waals surface area contributed by atoms with Crippen molar-refractivity contribution in [1.82, 2.24) is 0 Å². The largest absolute Gasteiger partial charge is 0.393 e. The Morgan fingerprint density at radius 2 is 1.84 bits per heavy atom. The topological polar surface area (TPSA) is 74.6 Å². The molecule has 0 heterocycles. The lowest BCUT2D eigenvalue weighted by atomic mass is 9.43. The first-order chi connectivity index (χ1) is 11.7. The Labute approximate surface area is 150 Å². The molecule has 0 spiro atoms. The van der Waals surface area contributed by atoms with E-state index in [0.29, 0.717) is 37.4 Å². The van der Waals surface area contributed by atoms with Gasteiger partial charge in [-0.3, -0.25) is 9.59 Å². The van der Waals surface area contributed by atoms with Crippen LogP contribution >= 0.6 is 0 Å². The molecule has 4 saturated carbocycles. The summed E-state index contributed by atoms with van der Waals surface area (Å²) >= 11 is 0. The van der Waals surface area contributed by atoms with Gasteiger partial charge in [-0.15, -0.1) is 0 Å². The summed E-state index contributed by atoms with van der Waals surface area (Å²) in [4.78, 5) is 24.2. The van der Waals surface area contributed by atoms with Crippen LogP contribution in [0.2, 0.25) is 0 Å². The highest BCUT2D eigenvalue weighted by Gasteiger charge is 2.65. The molecule has 0 bridgehead atoms. The number of carbonyl (C=O) groups is 2. The fraction of sp³-hybridized carbons (Fsp3) is 0.905.